The van der Waals surface area contributed by atoms with Gasteiger partial charge in [0.2, 0.25) is 5.91 Å². The van der Waals surface area contributed by atoms with E-state index in [9.17, 15) is 9.18 Å². The minimum Gasteiger partial charge on any atom is -0.396 e. The molecule has 0 unspecified atom stereocenters. The van der Waals surface area contributed by atoms with Crippen molar-refractivity contribution in [2.45, 2.75) is 39.5 Å². The zero-order valence-electron chi connectivity index (χ0n) is 12.6. The molecule has 21 heavy (non-hydrogen) atoms. The van der Waals surface area contributed by atoms with Crippen LogP contribution in [0.3, 0.4) is 0 Å². The number of rotatable bonds is 8. The Kier molecular flexibility index (Phi) is 7.12. The van der Waals surface area contributed by atoms with Gasteiger partial charge >= 0.3 is 0 Å². The summed E-state index contributed by atoms with van der Waals surface area (Å²) in [5.41, 5.74) is 0.535. The molecule has 0 fully saturated rings. The number of carbonyl (C=O) groups is 1. The first-order chi connectivity index (χ1) is 9.96. The summed E-state index contributed by atoms with van der Waals surface area (Å²) in [5.74, 6) is -0.559. The number of hydrogen-bond acceptors (Lipinski definition) is 2. The third-order valence-electron chi connectivity index (χ3n) is 4.17. The fraction of sp³-hybridized carbons (Fsp3) is 0.562. The molecule has 0 saturated carbocycles. The van der Waals surface area contributed by atoms with Gasteiger partial charge in [0.1, 0.15) is 5.82 Å². The summed E-state index contributed by atoms with van der Waals surface area (Å²) in [6.45, 7) is 4.75. The van der Waals surface area contributed by atoms with E-state index in [1.165, 1.54) is 18.2 Å². The maximum absolute atomic E-state index is 13.0. The average molecular weight is 316 g/mol. The summed E-state index contributed by atoms with van der Waals surface area (Å²) in [4.78, 5) is 12.0. The van der Waals surface area contributed by atoms with Crippen molar-refractivity contribution >= 4 is 17.5 Å². The lowest BCUT2D eigenvalue weighted by Crippen LogP contribution is -2.38. The Labute approximate surface area is 130 Å². The molecular weight excluding hydrogens is 293 g/mol. The number of benzene rings is 1. The predicted molar refractivity (Wildman–Crippen MR) is 82.8 cm³/mol. The predicted octanol–water partition coefficient (Wildman–Crippen LogP) is 3.33. The van der Waals surface area contributed by atoms with Crippen LogP contribution in [-0.4, -0.2) is 24.2 Å². The molecule has 2 N–H and O–H groups in total. The molecule has 0 aliphatic carbocycles. The lowest BCUT2D eigenvalue weighted by Gasteiger charge is -2.31. The topological polar surface area (TPSA) is 49.3 Å². The van der Waals surface area contributed by atoms with Crippen molar-refractivity contribution in [2.24, 2.45) is 5.41 Å². The normalized spacial score (nSPS) is 11.5. The van der Waals surface area contributed by atoms with Crippen LogP contribution in [0.25, 0.3) is 0 Å². The highest BCUT2D eigenvalue weighted by Crippen LogP contribution is 2.29. The number of aliphatic hydroxyl groups excluding tert-OH is 1. The molecule has 1 rings (SSSR count). The number of aliphatic hydroxyl groups is 1. The summed E-state index contributed by atoms with van der Waals surface area (Å²) in [5, 5.41) is 12.3. The molecule has 0 heterocycles. The Morgan fingerprint density at radius 2 is 2.05 bits per heavy atom. The average Bonchev–Trinajstić information content (AvgIpc) is 2.46. The van der Waals surface area contributed by atoms with Crippen molar-refractivity contribution < 1.29 is 14.3 Å². The quantitative estimate of drug-likeness (QED) is 0.773. The molecule has 1 aromatic carbocycles. The third kappa shape index (κ3) is 5.29. The van der Waals surface area contributed by atoms with Gasteiger partial charge in [-0.15, -0.1) is 0 Å². The van der Waals surface area contributed by atoms with Crippen molar-refractivity contribution in [2.75, 3.05) is 13.2 Å². The van der Waals surface area contributed by atoms with Crippen molar-refractivity contribution in [1.29, 1.82) is 0 Å². The molecule has 0 atom stereocenters. The molecule has 1 amide bonds. The lowest BCUT2D eigenvalue weighted by atomic mass is 9.79. The van der Waals surface area contributed by atoms with Gasteiger partial charge in [0.15, 0.2) is 0 Å². The van der Waals surface area contributed by atoms with E-state index >= 15 is 0 Å². The first-order valence-corrected chi connectivity index (χ1v) is 7.65. The van der Waals surface area contributed by atoms with Crippen LogP contribution in [-0.2, 0) is 11.2 Å². The van der Waals surface area contributed by atoms with E-state index in [2.05, 4.69) is 19.2 Å². The van der Waals surface area contributed by atoms with Gasteiger partial charge in [-0.05, 0) is 42.4 Å². The Morgan fingerprint density at radius 1 is 1.38 bits per heavy atom. The third-order valence-corrected chi connectivity index (χ3v) is 4.52. The SMILES string of the molecule is CCC(CC)(CCO)CNC(=O)Cc1ccc(F)cc1Cl. The summed E-state index contributed by atoms with van der Waals surface area (Å²) in [6, 6.07) is 4.03. The summed E-state index contributed by atoms with van der Waals surface area (Å²) >= 11 is 5.91. The molecule has 0 saturated heterocycles. The van der Waals surface area contributed by atoms with Crippen LogP contribution >= 0.6 is 11.6 Å². The Balaban J connectivity index is 2.60. The molecule has 5 heteroatoms. The Morgan fingerprint density at radius 3 is 2.57 bits per heavy atom. The van der Waals surface area contributed by atoms with E-state index in [4.69, 9.17) is 16.7 Å². The van der Waals surface area contributed by atoms with Crippen LogP contribution in [0, 0.1) is 11.2 Å². The summed E-state index contributed by atoms with van der Waals surface area (Å²) in [7, 11) is 0. The molecule has 3 nitrogen and oxygen atoms in total. The molecule has 0 aliphatic heterocycles. The molecule has 0 radical (unpaired) electrons. The van der Waals surface area contributed by atoms with E-state index in [0.29, 0.717) is 18.5 Å². The van der Waals surface area contributed by atoms with Crippen LogP contribution in [0.1, 0.15) is 38.7 Å². The van der Waals surface area contributed by atoms with Crippen LogP contribution in [0.2, 0.25) is 5.02 Å². The van der Waals surface area contributed by atoms with E-state index in [0.717, 1.165) is 12.8 Å². The minimum absolute atomic E-state index is 0.0724. The number of halogens is 2. The van der Waals surface area contributed by atoms with E-state index in [1.54, 1.807) is 0 Å². The molecular formula is C16H23ClFNO2. The van der Waals surface area contributed by atoms with Crippen molar-refractivity contribution in [3.05, 3.63) is 34.6 Å². The van der Waals surface area contributed by atoms with Crippen LogP contribution in [0.4, 0.5) is 4.39 Å². The lowest BCUT2D eigenvalue weighted by molar-refractivity contribution is -0.121. The second kappa shape index (κ2) is 8.35. The molecule has 0 aromatic heterocycles. The van der Waals surface area contributed by atoms with Gasteiger partial charge in [-0.1, -0.05) is 31.5 Å². The molecule has 0 aliphatic rings. The monoisotopic (exact) mass is 315 g/mol. The van der Waals surface area contributed by atoms with Crippen LogP contribution in [0.15, 0.2) is 18.2 Å². The van der Waals surface area contributed by atoms with Gasteiger partial charge in [-0.25, -0.2) is 4.39 Å². The highest BCUT2D eigenvalue weighted by Gasteiger charge is 2.26. The van der Waals surface area contributed by atoms with Crippen LogP contribution in [0.5, 0.6) is 0 Å². The molecule has 118 valence electrons. The zero-order chi connectivity index (χ0) is 15.9. The molecule has 0 bridgehead atoms. The summed E-state index contributed by atoms with van der Waals surface area (Å²) < 4.78 is 13.0. The number of amides is 1. The second-order valence-corrected chi connectivity index (χ2v) is 5.78. The molecule has 0 spiro atoms. The zero-order valence-corrected chi connectivity index (χ0v) is 13.3. The largest absolute Gasteiger partial charge is 0.396 e. The fourth-order valence-electron chi connectivity index (χ4n) is 2.37. The van der Waals surface area contributed by atoms with Gasteiger partial charge in [0.25, 0.3) is 0 Å². The van der Waals surface area contributed by atoms with E-state index < -0.39 is 5.82 Å². The van der Waals surface area contributed by atoms with Gasteiger partial charge in [-0.2, -0.15) is 0 Å². The van der Waals surface area contributed by atoms with Gasteiger partial charge in [0.05, 0.1) is 6.42 Å². The smallest absolute Gasteiger partial charge is 0.224 e. The molecule has 1 aromatic rings. The van der Waals surface area contributed by atoms with Crippen molar-refractivity contribution in [1.82, 2.24) is 5.32 Å². The maximum atomic E-state index is 13.0. The highest BCUT2D eigenvalue weighted by atomic mass is 35.5. The van der Waals surface area contributed by atoms with E-state index in [-0.39, 0.29) is 29.4 Å². The van der Waals surface area contributed by atoms with Gasteiger partial charge < -0.3 is 10.4 Å². The fourth-order valence-corrected chi connectivity index (χ4v) is 2.60. The van der Waals surface area contributed by atoms with Gasteiger partial charge in [0, 0.05) is 18.2 Å². The Hall–Kier alpha value is -1.13. The van der Waals surface area contributed by atoms with Crippen molar-refractivity contribution in [3.63, 3.8) is 0 Å². The second-order valence-electron chi connectivity index (χ2n) is 5.37. The first kappa shape index (κ1) is 17.9. The summed E-state index contributed by atoms with van der Waals surface area (Å²) in [6.07, 6.45) is 2.57. The first-order valence-electron chi connectivity index (χ1n) is 7.28. The Bertz CT molecular complexity index is 475. The standard InChI is InChI=1S/C16H23ClFNO2/c1-3-16(4-2,7-8-20)11-19-15(21)9-12-5-6-13(18)10-14(12)17/h5-6,10,20H,3-4,7-9,11H2,1-2H3,(H,19,21). The number of carbonyl (C=O) groups excluding carboxylic acids is 1. The number of nitrogens with one attached hydrogen (secondary N) is 1. The maximum Gasteiger partial charge on any atom is 0.224 e. The van der Waals surface area contributed by atoms with Crippen LogP contribution < -0.4 is 5.32 Å². The van der Waals surface area contributed by atoms with Gasteiger partial charge in [-0.3, -0.25) is 4.79 Å². The number of hydrogen-bond donors (Lipinski definition) is 2. The van der Waals surface area contributed by atoms with E-state index in [1.807, 2.05) is 0 Å². The minimum atomic E-state index is -0.414. The highest BCUT2D eigenvalue weighted by molar-refractivity contribution is 6.31. The van der Waals surface area contributed by atoms with Crippen molar-refractivity contribution in [3.8, 4) is 0 Å².